The van der Waals surface area contributed by atoms with E-state index in [1.165, 1.54) is 23.6 Å². The van der Waals surface area contributed by atoms with Crippen LogP contribution in [0, 0.1) is 26.7 Å². The minimum atomic E-state index is -0.445. The Kier molecular flexibility index (Phi) is 7.28. The van der Waals surface area contributed by atoms with E-state index in [0.29, 0.717) is 48.6 Å². The van der Waals surface area contributed by atoms with Crippen molar-refractivity contribution < 1.29 is 19.1 Å². The number of piperidine rings is 1. The number of aromatic amines is 2. The van der Waals surface area contributed by atoms with E-state index in [1.807, 2.05) is 6.20 Å². The lowest BCUT2D eigenvalue weighted by molar-refractivity contribution is -0.122. The molecule has 1 aromatic carbocycles. The molecule has 1 aliphatic rings. The minimum absolute atomic E-state index is 0.0596. The number of methoxy groups -OCH3 is 1. The Hall–Kier alpha value is -3.55. The van der Waals surface area contributed by atoms with Gasteiger partial charge in [-0.25, -0.2) is 4.79 Å². The third-order valence-electron chi connectivity index (χ3n) is 7.06. The molecule has 0 saturated carbocycles. The molecule has 3 heterocycles. The number of benzene rings is 1. The highest BCUT2D eigenvalue weighted by atomic mass is 16.5. The molecule has 2 amide bonds. The van der Waals surface area contributed by atoms with E-state index in [1.54, 1.807) is 18.7 Å². The topological polar surface area (TPSA) is 107 Å². The van der Waals surface area contributed by atoms with Gasteiger partial charge in [0.15, 0.2) is 0 Å². The average molecular weight is 479 g/mol. The zero-order valence-corrected chi connectivity index (χ0v) is 20.9. The van der Waals surface area contributed by atoms with Crippen LogP contribution < -0.4 is 5.32 Å². The number of hydrogen-bond donors (Lipinski definition) is 3. The molecule has 0 spiro atoms. The zero-order valence-electron chi connectivity index (χ0n) is 20.9. The Morgan fingerprint density at radius 1 is 1.14 bits per heavy atom. The lowest BCUT2D eigenvalue weighted by Crippen LogP contribution is -2.40. The molecule has 0 radical (unpaired) electrons. The Balaban J connectivity index is 1.24. The summed E-state index contributed by atoms with van der Waals surface area (Å²) in [7, 11) is 1.33. The van der Waals surface area contributed by atoms with Gasteiger partial charge in [0.2, 0.25) is 5.91 Å². The smallest absolute Gasteiger partial charge is 0.339 e. The normalized spacial score (nSPS) is 14.3. The van der Waals surface area contributed by atoms with Crippen LogP contribution in [-0.4, -0.2) is 59.4 Å². The number of carbonyl (C=O) groups excluding carboxylic acids is 3. The van der Waals surface area contributed by atoms with E-state index in [9.17, 15) is 14.4 Å². The maximum Gasteiger partial charge on any atom is 0.339 e. The lowest BCUT2D eigenvalue weighted by atomic mass is 9.93. The Morgan fingerprint density at radius 3 is 2.60 bits per heavy atom. The van der Waals surface area contributed by atoms with Crippen molar-refractivity contribution in [2.75, 3.05) is 26.7 Å². The van der Waals surface area contributed by atoms with Crippen LogP contribution in [0.2, 0.25) is 0 Å². The quantitative estimate of drug-likeness (QED) is 0.449. The number of carbonyl (C=O) groups is 3. The van der Waals surface area contributed by atoms with E-state index in [2.05, 4.69) is 40.4 Å². The van der Waals surface area contributed by atoms with Crippen LogP contribution in [0.4, 0.5) is 0 Å². The Labute approximate surface area is 205 Å². The van der Waals surface area contributed by atoms with Crippen molar-refractivity contribution in [3.05, 3.63) is 58.0 Å². The summed E-state index contributed by atoms with van der Waals surface area (Å²) in [5.74, 6) is -0.242. The summed E-state index contributed by atoms with van der Waals surface area (Å²) in [5, 5.41) is 4.27. The molecule has 8 nitrogen and oxygen atoms in total. The summed E-state index contributed by atoms with van der Waals surface area (Å²) in [6.07, 6.45) is 4.84. The number of amides is 2. The first-order chi connectivity index (χ1) is 16.8. The number of likely N-dealkylation sites (tertiary alicyclic amines) is 1. The van der Waals surface area contributed by atoms with E-state index < -0.39 is 5.97 Å². The van der Waals surface area contributed by atoms with Gasteiger partial charge in [-0.05, 0) is 69.2 Å². The van der Waals surface area contributed by atoms with E-state index in [-0.39, 0.29) is 17.7 Å². The lowest BCUT2D eigenvalue weighted by Gasteiger charge is -2.31. The van der Waals surface area contributed by atoms with Crippen LogP contribution in [0.15, 0.2) is 24.4 Å². The number of aryl methyl sites for hydroxylation is 2. The van der Waals surface area contributed by atoms with Gasteiger partial charge >= 0.3 is 5.97 Å². The predicted octanol–water partition coefficient (Wildman–Crippen LogP) is 3.81. The molecule has 3 N–H and O–H groups in total. The molecule has 0 atom stereocenters. The van der Waals surface area contributed by atoms with Gasteiger partial charge in [-0.15, -0.1) is 0 Å². The van der Waals surface area contributed by atoms with Gasteiger partial charge in [0.05, 0.1) is 12.7 Å². The molecule has 35 heavy (non-hydrogen) atoms. The number of nitrogens with zero attached hydrogens (tertiary/aromatic N) is 1. The van der Waals surface area contributed by atoms with Crippen molar-refractivity contribution in [1.82, 2.24) is 20.2 Å². The third kappa shape index (κ3) is 5.26. The van der Waals surface area contributed by atoms with E-state index >= 15 is 0 Å². The summed E-state index contributed by atoms with van der Waals surface area (Å²) in [4.78, 5) is 45.7. The third-order valence-corrected chi connectivity index (χ3v) is 7.06. The van der Waals surface area contributed by atoms with Crippen LogP contribution in [-0.2, 0) is 16.0 Å². The standard InChI is InChI=1S/C27H34N4O4/c1-16-5-6-22-21(13-16)20(15-29-22)7-10-28-23(32)14-19-8-11-31(12-9-19)26(33)25-17(2)24(18(3)30-25)27(34)35-4/h5-6,13,15,19,29-30H,7-12,14H2,1-4H3,(H,28,32). The number of fused-ring (bicyclic) bond motifs is 1. The fourth-order valence-corrected chi connectivity index (χ4v) is 5.04. The van der Waals surface area contributed by atoms with Gasteiger partial charge in [-0.2, -0.15) is 0 Å². The molecule has 2 aromatic heterocycles. The first-order valence-corrected chi connectivity index (χ1v) is 12.2. The highest BCUT2D eigenvalue weighted by Gasteiger charge is 2.29. The first-order valence-electron chi connectivity index (χ1n) is 12.2. The molecule has 4 rings (SSSR count). The second-order valence-electron chi connectivity index (χ2n) is 9.52. The molecule has 1 fully saturated rings. The van der Waals surface area contributed by atoms with Crippen LogP contribution in [0.5, 0.6) is 0 Å². The number of H-pyrrole nitrogens is 2. The van der Waals surface area contributed by atoms with Crippen LogP contribution >= 0.6 is 0 Å². The van der Waals surface area contributed by atoms with E-state index in [0.717, 1.165) is 24.8 Å². The summed E-state index contributed by atoms with van der Waals surface area (Å²) >= 11 is 0. The first kappa shape index (κ1) is 24.6. The maximum absolute atomic E-state index is 13.1. The number of rotatable bonds is 7. The number of aromatic nitrogens is 2. The number of hydrogen-bond acceptors (Lipinski definition) is 4. The van der Waals surface area contributed by atoms with Crippen LogP contribution in [0.1, 0.15) is 62.5 Å². The number of ether oxygens (including phenoxy) is 1. The monoisotopic (exact) mass is 478 g/mol. The van der Waals surface area contributed by atoms with Gasteiger partial charge in [0.1, 0.15) is 5.69 Å². The molecule has 8 heteroatoms. The SMILES string of the molecule is COC(=O)c1c(C)[nH]c(C(=O)N2CCC(CC(=O)NCCc3c[nH]c4ccc(C)cc34)CC2)c1C. The van der Waals surface area contributed by atoms with Gasteiger partial charge in [0.25, 0.3) is 5.91 Å². The van der Waals surface area contributed by atoms with Crippen molar-refractivity contribution in [3.8, 4) is 0 Å². The Bertz CT molecular complexity index is 1250. The molecular formula is C27H34N4O4. The highest BCUT2D eigenvalue weighted by molar-refractivity contribution is 6.00. The average Bonchev–Trinajstić information content (AvgIpc) is 3.38. The van der Waals surface area contributed by atoms with Gasteiger partial charge in [-0.1, -0.05) is 11.6 Å². The fourth-order valence-electron chi connectivity index (χ4n) is 5.04. The predicted molar refractivity (Wildman–Crippen MR) is 135 cm³/mol. The molecular weight excluding hydrogens is 444 g/mol. The van der Waals surface area contributed by atoms with Crippen molar-refractivity contribution in [2.24, 2.45) is 5.92 Å². The summed E-state index contributed by atoms with van der Waals surface area (Å²) < 4.78 is 4.84. The maximum atomic E-state index is 13.1. The fraction of sp³-hybridized carbons (Fsp3) is 0.444. The minimum Gasteiger partial charge on any atom is -0.465 e. The van der Waals surface area contributed by atoms with Crippen LogP contribution in [0.3, 0.4) is 0 Å². The van der Waals surface area contributed by atoms with Crippen molar-refractivity contribution in [1.29, 1.82) is 0 Å². The van der Waals surface area contributed by atoms with Crippen molar-refractivity contribution in [3.63, 3.8) is 0 Å². The van der Waals surface area contributed by atoms with Gasteiger partial charge in [0, 0.05) is 48.8 Å². The van der Waals surface area contributed by atoms with E-state index in [4.69, 9.17) is 4.74 Å². The largest absolute Gasteiger partial charge is 0.465 e. The second-order valence-corrected chi connectivity index (χ2v) is 9.52. The Morgan fingerprint density at radius 2 is 1.89 bits per heavy atom. The molecule has 1 saturated heterocycles. The number of nitrogens with one attached hydrogen (secondary N) is 3. The van der Waals surface area contributed by atoms with Gasteiger partial charge in [-0.3, -0.25) is 9.59 Å². The molecule has 1 aliphatic heterocycles. The summed E-state index contributed by atoms with van der Waals surface area (Å²) in [6, 6.07) is 6.34. The summed E-state index contributed by atoms with van der Waals surface area (Å²) in [5.41, 5.74) is 5.65. The highest BCUT2D eigenvalue weighted by Crippen LogP contribution is 2.25. The molecule has 0 unspecified atom stereocenters. The second kappa shape index (κ2) is 10.4. The van der Waals surface area contributed by atoms with Crippen molar-refractivity contribution >= 4 is 28.7 Å². The van der Waals surface area contributed by atoms with Gasteiger partial charge < -0.3 is 24.9 Å². The van der Waals surface area contributed by atoms with Crippen LogP contribution in [0.25, 0.3) is 10.9 Å². The molecule has 0 bridgehead atoms. The number of esters is 1. The molecule has 0 aliphatic carbocycles. The zero-order chi connectivity index (χ0) is 25.1. The summed E-state index contributed by atoms with van der Waals surface area (Å²) in [6.45, 7) is 7.40. The molecule has 186 valence electrons. The molecule has 3 aromatic rings. The van der Waals surface area contributed by atoms with Crippen molar-refractivity contribution in [2.45, 2.75) is 46.5 Å².